The quantitative estimate of drug-likeness (QED) is 0.579. The van der Waals surface area contributed by atoms with Crippen LogP contribution in [0.15, 0.2) is 60.9 Å². The Balaban J connectivity index is 1.81. The van der Waals surface area contributed by atoms with E-state index in [1.807, 2.05) is 48.7 Å². The Hall–Kier alpha value is -3.08. The first kappa shape index (κ1) is 15.8. The molecule has 0 aliphatic heterocycles. The molecule has 122 valence electrons. The van der Waals surface area contributed by atoms with Gasteiger partial charge in [-0.1, -0.05) is 30.3 Å². The van der Waals surface area contributed by atoms with Gasteiger partial charge in [0.15, 0.2) is 0 Å². The number of nitrogen functional groups attached to an aromatic ring is 1. The maximum Gasteiger partial charge on any atom is 0.337 e. The molecule has 0 amide bonds. The molecule has 1 aromatic heterocycles. The molecule has 0 aliphatic carbocycles. The van der Waals surface area contributed by atoms with E-state index in [1.54, 1.807) is 12.3 Å². The number of ether oxygens (including phenoxy) is 1. The van der Waals surface area contributed by atoms with Crippen LogP contribution in [0.3, 0.4) is 0 Å². The Bertz CT molecular complexity index is 855. The first-order chi connectivity index (χ1) is 11.7. The van der Waals surface area contributed by atoms with Crippen molar-refractivity contribution < 1.29 is 9.53 Å². The lowest BCUT2D eigenvalue weighted by molar-refractivity contribution is 0.0600. The number of para-hydroxylation sites is 1. The second-order valence-corrected chi connectivity index (χ2v) is 5.54. The van der Waals surface area contributed by atoms with Crippen LogP contribution in [0.25, 0.3) is 0 Å². The highest BCUT2D eigenvalue weighted by atomic mass is 16.5. The van der Waals surface area contributed by atoms with Gasteiger partial charge in [0.05, 0.1) is 12.7 Å². The van der Waals surface area contributed by atoms with Crippen LogP contribution in [-0.4, -0.2) is 22.6 Å². The molecule has 24 heavy (non-hydrogen) atoms. The number of nitrogens with zero attached hydrogens (tertiary/aromatic N) is 2. The van der Waals surface area contributed by atoms with Gasteiger partial charge in [-0.2, -0.15) is 0 Å². The van der Waals surface area contributed by atoms with E-state index in [2.05, 4.69) is 9.55 Å². The van der Waals surface area contributed by atoms with Gasteiger partial charge in [0, 0.05) is 31.0 Å². The monoisotopic (exact) mass is 321 g/mol. The Morgan fingerprint density at radius 2 is 2.04 bits per heavy atom. The Morgan fingerprint density at radius 1 is 1.21 bits per heavy atom. The van der Waals surface area contributed by atoms with E-state index in [1.165, 1.54) is 7.11 Å². The zero-order valence-corrected chi connectivity index (χ0v) is 13.5. The highest BCUT2D eigenvalue weighted by Gasteiger charge is 2.09. The number of anilines is 1. The van der Waals surface area contributed by atoms with E-state index in [0.717, 1.165) is 22.6 Å². The summed E-state index contributed by atoms with van der Waals surface area (Å²) >= 11 is 0. The second-order valence-electron chi connectivity index (χ2n) is 5.54. The minimum absolute atomic E-state index is 0.334. The molecule has 0 aliphatic rings. The number of carbonyl (C=O) groups is 1. The maximum atomic E-state index is 11.7. The summed E-state index contributed by atoms with van der Waals surface area (Å²) in [5, 5.41) is 0. The molecule has 0 saturated heterocycles. The first-order valence-electron chi connectivity index (χ1n) is 7.68. The van der Waals surface area contributed by atoms with E-state index in [9.17, 15) is 4.79 Å². The zero-order chi connectivity index (χ0) is 16.9. The molecule has 0 radical (unpaired) electrons. The van der Waals surface area contributed by atoms with Gasteiger partial charge in [-0.3, -0.25) is 0 Å². The minimum atomic E-state index is -0.334. The van der Waals surface area contributed by atoms with Crippen molar-refractivity contribution in [2.75, 3.05) is 12.8 Å². The molecular weight excluding hydrogens is 302 g/mol. The Morgan fingerprint density at radius 3 is 2.83 bits per heavy atom. The summed E-state index contributed by atoms with van der Waals surface area (Å²) in [6.07, 6.45) is 4.37. The third kappa shape index (κ3) is 3.46. The third-order valence-corrected chi connectivity index (χ3v) is 3.91. The lowest BCUT2D eigenvalue weighted by atomic mass is 10.1. The lowest BCUT2D eigenvalue weighted by Crippen LogP contribution is -2.07. The number of esters is 1. The van der Waals surface area contributed by atoms with Crippen LogP contribution in [0.5, 0.6) is 0 Å². The molecule has 0 atom stereocenters. The van der Waals surface area contributed by atoms with Crippen molar-refractivity contribution in [2.45, 2.75) is 13.0 Å². The molecule has 2 aromatic carbocycles. The van der Waals surface area contributed by atoms with E-state index in [4.69, 9.17) is 10.5 Å². The van der Waals surface area contributed by atoms with Crippen LogP contribution in [0.2, 0.25) is 0 Å². The predicted molar refractivity (Wildman–Crippen MR) is 92.8 cm³/mol. The Labute approximate surface area is 140 Å². The summed E-state index contributed by atoms with van der Waals surface area (Å²) in [4.78, 5) is 16.1. The molecule has 5 nitrogen and oxygen atoms in total. The smallest absolute Gasteiger partial charge is 0.337 e. The van der Waals surface area contributed by atoms with Gasteiger partial charge < -0.3 is 15.0 Å². The maximum absolute atomic E-state index is 11.7. The number of imidazole rings is 1. The van der Waals surface area contributed by atoms with Gasteiger partial charge in [0.1, 0.15) is 5.82 Å². The number of aromatic nitrogens is 2. The van der Waals surface area contributed by atoms with Crippen LogP contribution < -0.4 is 5.73 Å². The molecule has 3 rings (SSSR count). The summed E-state index contributed by atoms with van der Waals surface area (Å²) in [7, 11) is 1.38. The van der Waals surface area contributed by atoms with Crippen molar-refractivity contribution in [3.05, 3.63) is 83.4 Å². The van der Waals surface area contributed by atoms with Crippen LogP contribution in [0.1, 0.15) is 27.3 Å². The molecule has 0 unspecified atom stereocenters. The van der Waals surface area contributed by atoms with Gasteiger partial charge >= 0.3 is 5.97 Å². The average molecular weight is 321 g/mol. The van der Waals surface area contributed by atoms with Crippen LogP contribution in [0, 0.1) is 0 Å². The van der Waals surface area contributed by atoms with Gasteiger partial charge in [-0.15, -0.1) is 0 Å². The number of benzene rings is 2. The van der Waals surface area contributed by atoms with Crippen molar-refractivity contribution in [3.8, 4) is 0 Å². The standard InChI is InChI=1S/C19H19N3O2/c1-24-19(23)16-7-4-5-14(11-16)13-22-10-9-21-18(22)12-15-6-2-3-8-17(15)20/h2-11H,12-13,20H2,1H3. The largest absolute Gasteiger partial charge is 0.465 e. The summed E-state index contributed by atoms with van der Waals surface area (Å²) in [6, 6.07) is 15.2. The average Bonchev–Trinajstić information content (AvgIpc) is 3.03. The van der Waals surface area contributed by atoms with E-state index < -0.39 is 0 Å². The van der Waals surface area contributed by atoms with Crippen LogP contribution >= 0.6 is 0 Å². The minimum Gasteiger partial charge on any atom is -0.465 e. The molecule has 0 bridgehead atoms. The lowest BCUT2D eigenvalue weighted by Gasteiger charge is -2.10. The van der Waals surface area contributed by atoms with Gasteiger partial charge in [-0.05, 0) is 29.3 Å². The highest BCUT2D eigenvalue weighted by Crippen LogP contribution is 2.16. The van der Waals surface area contributed by atoms with E-state index in [0.29, 0.717) is 18.5 Å². The number of methoxy groups -OCH3 is 1. The SMILES string of the molecule is COC(=O)c1cccc(Cn2ccnc2Cc2ccccc2N)c1. The summed E-state index contributed by atoms with van der Waals surface area (Å²) < 4.78 is 6.83. The number of carbonyl (C=O) groups excluding carboxylic acids is 1. The van der Waals surface area contributed by atoms with Crippen molar-refractivity contribution >= 4 is 11.7 Å². The van der Waals surface area contributed by atoms with Crippen molar-refractivity contribution in [3.63, 3.8) is 0 Å². The first-order valence-corrected chi connectivity index (χ1v) is 7.68. The predicted octanol–water partition coefficient (Wildman–Crippen LogP) is 2.89. The molecule has 0 spiro atoms. The fourth-order valence-electron chi connectivity index (χ4n) is 2.63. The fourth-order valence-corrected chi connectivity index (χ4v) is 2.63. The van der Waals surface area contributed by atoms with Gasteiger partial charge in [0.2, 0.25) is 0 Å². The van der Waals surface area contributed by atoms with Crippen molar-refractivity contribution in [2.24, 2.45) is 0 Å². The number of hydrogen-bond acceptors (Lipinski definition) is 4. The molecule has 1 heterocycles. The molecule has 0 fully saturated rings. The van der Waals surface area contributed by atoms with Crippen LogP contribution in [-0.2, 0) is 17.7 Å². The van der Waals surface area contributed by atoms with Crippen molar-refractivity contribution in [1.82, 2.24) is 9.55 Å². The van der Waals surface area contributed by atoms with Crippen LogP contribution in [0.4, 0.5) is 5.69 Å². The molecule has 3 aromatic rings. The highest BCUT2D eigenvalue weighted by molar-refractivity contribution is 5.89. The number of hydrogen-bond donors (Lipinski definition) is 1. The molecule has 2 N–H and O–H groups in total. The van der Waals surface area contributed by atoms with Gasteiger partial charge in [-0.25, -0.2) is 9.78 Å². The summed E-state index contributed by atoms with van der Waals surface area (Å²) in [5.74, 6) is 0.594. The van der Waals surface area contributed by atoms with E-state index >= 15 is 0 Å². The second kappa shape index (κ2) is 7.00. The third-order valence-electron chi connectivity index (χ3n) is 3.91. The van der Waals surface area contributed by atoms with E-state index in [-0.39, 0.29) is 5.97 Å². The molecule has 5 heteroatoms. The number of rotatable bonds is 5. The fraction of sp³-hybridized carbons (Fsp3) is 0.158. The zero-order valence-electron chi connectivity index (χ0n) is 13.5. The summed E-state index contributed by atoms with van der Waals surface area (Å²) in [6.45, 7) is 0.632. The number of nitrogens with two attached hydrogens (primary N) is 1. The normalized spacial score (nSPS) is 10.5. The Kier molecular flexibility index (Phi) is 4.61. The van der Waals surface area contributed by atoms with Crippen molar-refractivity contribution in [1.29, 1.82) is 0 Å². The van der Waals surface area contributed by atoms with Gasteiger partial charge in [0.25, 0.3) is 0 Å². The topological polar surface area (TPSA) is 70.1 Å². The molecular formula is C19H19N3O2. The summed E-state index contributed by atoms with van der Waals surface area (Å²) in [5.41, 5.74) is 9.39. The molecule has 0 saturated carbocycles.